The van der Waals surface area contributed by atoms with E-state index in [0.717, 1.165) is 0 Å². The van der Waals surface area contributed by atoms with Gasteiger partial charge in [-0.25, -0.2) is 4.79 Å². The van der Waals surface area contributed by atoms with E-state index < -0.39 is 5.97 Å². The average Bonchev–Trinajstić information content (AvgIpc) is 2.15. The van der Waals surface area contributed by atoms with Gasteiger partial charge < -0.3 is 19.3 Å². The van der Waals surface area contributed by atoms with E-state index in [0.29, 0.717) is 32.3 Å². The van der Waals surface area contributed by atoms with E-state index in [1.54, 1.807) is 0 Å². The van der Waals surface area contributed by atoms with Crippen LogP contribution in [0.3, 0.4) is 0 Å². The lowest BCUT2D eigenvalue weighted by Crippen LogP contribution is -2.13. The second kappa shape index (κ2) is 10.7. The maximum Gasteiger partial charge on any atom is 0.329 e. The summed E-state index contributed by atoms with van der Waals surface area (Å²) in [7, 11) is 0. The van der Waals surface area contributed by atoms with Crippen LogP contribution in [0.5, 0.6) is 0 Å². The topological polar surface area (TPSA) is 65.0 Å². The average molecular weight is 227 g/mol. The predicted octanol–water partition coefficient (Wildman–Crippen LogP) is 0.360. The van der Waals surface area contributed by atoms with Gasteiger partial charge in [-0.2, -0.15) is 0 Å². The van der Waals surface area contributed by atoms with Gasteiger partial charge in [0.1, 0.15) is 6.61 Å². The molecule has 0 aromatic rings. The molecule has 0 saturated heterocycles. The van der Waals surface area contributed by atoms with Crippen molar-refractivity contribution in [3.63, 3.8) is 0 Å². The minimum atomic E-state index is -0.976. The number of ether oxygens (including phenoxy) is 3. The fourth-order valence-corrected chi connectivity index (χ4v) is 0.763. The Morgan fingerprint density at radius 1 is 1.00 bits per heavy atom. The number of aliphatic carboxylic acids is 1. The molecule has 0 aliphatic rings. The molecule has 0 saturated carbocycles. The highest BCUT2D eigenvalue weighted by molar-refractivity contribution is 6.17. The maximum absolute atomic E-state index is 10.0. The van der Waals surface area contributed by atoms with Gasteiger partial charge in [0.15, 0.2) is 0 Å². The van der Waals surface area contributed by atoms with Crippen LogP contribution in [0.1, 0.15) is 0 Å². The molecule has 0 spiro atoms. The highest BCUT2D eigenvalue weighted by atomic mass is 35.5. The van der Waals surface area contributed by atoms with E-state index in [1.165, 1.54) is 0 Å². The van der Waals surface area contributed by atoms with Crippen LogP contribution in [0, 0.1) is 0 Å². The molecule has 5 nitrogen and oxygen atoms in total. The zero-order chi connectivity index (χ0) is 10.6. The normalized spacial score (nSPS) is 10.4. The quantitative estimate of drug-likeness (QED) is 0.430. The van der Waals surface area contributed by atoms with Gasteiger partial charge in [0.2, 0.25) is 0 Å². The molecular weight excluding hydrogens is 212 g/mol. The first kappa shape index (κ1) is 13.6. The van der Waals surface area contributed by atoms with Crippen LogP contribution >= 0.6 is 11.6 Å². The minimum Gasteiger partial charge on any atom is -0.480 e. The minimum absolute atomic E-state index is 0.280. The summed E-state index contributed by atoms with van der Waals surface area (Å²) < 4.78 is 14.8. The maximum atomic E-state index is 10.0. The third kappa shape index (κ3) is 11.6. The van der Waals surface area contributed by atoms with Crippen molar-refractivity contribution in [1.82, 2.24) is 0 Å². The van der Waals surface area contributed by atoms with Gasteiger partial charge in [-0.1, -0.05) is 0 Å². The molecule has 0 unspecified atom stereocenters. The van der Waals surface area contributed by atoms with Gasteiger partial charge >= 0.3 is 5.97 Å². The molecule has 0 aliphatic heterocycles. The van der Waals surface area contributed by atoms with Gasteiger partial charge in [-0.15, -0.1) is 11.6 Å². The first-order valence-corrected chi connectivity index (χ1v) is 4.82. The van der Waals surface area contributed by atoms with Crippen molar-refractivity contribution in [2.45, 2.75) is 0 Å². The molecule has 0 radical (unpaired) electrons. The summed E-state index contributed by atoms with van der Waals surface area (Å²) in [5.41, 5.74) is 0. The molecule has 0 aromatic heterocycles. The summed E-state index contributed by atoms with van der Waals surface area (Å²) in [4.78, 5) is 10.0. The molecule has 0 aromatic carbocycles. The summed E-state index contributed by atoms with van der Waals surface area (Å²) >= 11 is 5.37. The SMILES string of the molecule is O=C(O)COCCOCCOCCCl. The summed E-state index contributed by atoms with van der Waals surface area (Å²) in [6.45, 7) is 1.84. The molecule has 0 rings (SSSR count). The Morgan fingerprint density at radius 3 is 2.00 bits per heavy atom. The Bertz CT molecular complexity index is 142. The first-order chi connectivity index (χ1) is 6.77. The fourth-order valence-electron chi connectivity index (χ4n) is 0.654. The van der Waals surface area contributed by atoms with Crippen LogP contribution in [0.2, 0.25) is 0 Å². The molecule has 84 valence electrons. The molecule has 0 aliphatic carbocycles. The molecule has 0 atom stereocenters. The summed E-state index contributed by atoms with van der Waals surface area (Å²) in [5, 5.41) is 8.21. The summed E-state index contributed by atoms with van der Waals surface area (Å²) in [6, 6.07) is 0. The third-order valence-electron chi connectivity index (χ3n) is 1.19. The number of carbonyl (C=O) groups is 1. The largest absolute Gasteiger partial charge is 0.480 e. The standard InChI is InChI=1S/C8H15ClO5/c9-1-2-12-3-4-13-5-6-14-7-8(10)11/h1-7H2,(H,10,11). The Labute approximate surface area is 87.9 Å². The molecule has 0 fully saturated rings. The molecule has 0 heterocycles. The van der Waals surface area contributed by atoms with Crippen LogP contribution < -0.4 is 0 Å². The second-order valence-electron chi connectivity index (χ2n) is 2.36. The lowest BCUT2D eigenvalue weighted by atomic mass is 10.7. The number of rotatable bonds is 10. The highest BCUT2D eigenvalue weighted by Gasteiger charge is 1.95. The van der Waals surface area contributed by atoms with E-state index in [4.69, 9.17) is 30.9 Å². The van der Waals surface area contributed by atoms with Crippen molar-refractivity contribution in [3.05, 3.63) is 0 Å². The van der Waals surface area contributed by atoms with E-state index in [2.05, 4.69) is 0 Å². The Balaban J connectivity index is 2.88. The first-order valence-electron chi connectivity index (χ1n) is 4.28. The van der Waals surface area contributed by atoms with Gasteiger partial charge in [0, 0.05) is 5.88 Å². The van der Waals surface area contributed by atoms with Crippen LogP contribution in [0.4, 0.5) is 0 Å². The number of halogens is 1. The van der Waals surface area contributed by atoms with Gasteiger partial charge in [-0.3, -0.25) is 0 Å². The summed E-state index contributed by atoms with van der Waals surface area (Å²) in [5.74, 6) is -0.503. The van der Waals surface area contributed by atoms with Crippen molar-refractivity contribution >= 4 is 17.6 Å². The van der Waals surface area contributed by atoms with E-state index in [-0.39, 0.29) is 13.2 Å². The number of carboxylic acids is 1. The molecule has 0 bridgehead atoms. The molecule has 0 amide bonds. The van der Waals surface area contributed by atoms with Crippen molar-refractivity contribution < 1.29 is 24.1 Å². The van der Waals surface area contributed by atoms with E-state index >= 15 is 0 Å². The molecule has 14 heavy (non-hydrogen) atoms. The van der Waals surface area contributed by atoms with Crippen molar-refractivity contribution in [2.75, 3.05) is 45.5 Å². The van der Waals surface area contributed by atoms with Crippen LogP contribution in [0.15, 0.2) is 0 Å². The predicted molar refractivity (Wildman–Crippen MR) is 50.8 cm³/mol. The van der Waals surface area contributed by atoms with Crippen LogP contribution in [-0.4, -0.2) is 56.6 Å². The van der Waals surface area contributed by atoms with Crippen LogP contribution in [0.25, 0.3) is 0 Å². The van der Waals surface area contributed by atoms with Gasteiger partial charge in [-0.05, 0) is 0 Å². The second-order valence-corrected chi connectivity index (χ2v) is 2.74. The smallest absolute Gasteiger partial charge is 0.329 e. The lowest BCUT2D eigenvalue weighted by Gasteiger charge is -2.04. The number of alkyl halides is 1. The lowest BCUT2D eigenvalue weighted by molar-refractivity contribution is -0.142. The third-order valence-corrected chi connectivity index (χ3v) is 1.35. The number of hydrogen-bond donors (Lipinski definition) is 1. The Kier molecular flexibility index (Phi) is 10.4. The summed E-state index contributed by atoms with van der Waals surface area (Å²) in [6.07, 6.45) is 0. The zero-order valence-corrected chi connectivity index (χ0v) is 8.66. The van der Waals surface area contributed by atoms with Crippen LogP contribution in [-0.2, 0) is 19.0 Å². The fraction of sp³-hybridized carbons (Fsp3) is 0.875. The number of hydrogen-bond acceptors (Lipinski definition) is 4. The van der Waals surface area contributed by atoms with Gasteiger partial charge in [0.25, 0.3) is 0 Å². The van der Waals surface area contributed by atoms with Crippen molar-refractivity contribution in [2.24, 2.45) is 0 Å². The Hall–Kier alpha value is -0.360. The van der Waals surface area contributed by atoms with Gasteiger partial charge in [0.05, 0.1) is 33.0 Å². The Morgan fingerprint density at radius 2 is 1.50 bits per heavy atom. The zero-order valence-electron chi connectivity index (χ0n) is 7.91. The monoisotopic (exact) mass is 226 g/mol. The van der Waals surface area contributed by atoms with Crippen molar-refractivity contribution in [3.8, 4) is 0 Å². The molecule has 6 heteroatoms. The van der Waals surface area contributed by atoms with Crippen molar-refractivity contribution in [1.29, 1.82) is 0 Å². The highest BCUT2D eigenvalue weighted by Crippen LogP contribution is 1.82. The molecular formula is C8H15ClO5. The molecule has 1 N–H and O–H groups in total. The van der Waals surface area contributed by atoms with E-state index in [9.17, 15) is 4.79 Å². The van der Waals surface area contributed by atoms with E-state index in [1.807, 2.05) is 0 Å². The number of carboxylic acid groups (broad SMARTS) is 1.